The van der Waals surface area contributed by atoms with Crippen LogP contribution in [0.25, 0.3) is 0 Å². The molecule has 0 saturated carbocycles. The van der Waals surface area contributed by atoms with Crippen molar-refractivity contribution in [1.82, 2.24) is 76.0 Å². The van der Waals surface area contributed by atoms with Crippen LogP contribution in [-0.2, 0) is 34.0 Å². The van der Waals surface area contributed by atoms with Gasteiger partial charge in [0.2, 0.25) is 16.6 Å². The van der Waals surface area contributed by atoms with E-state index in [4.69, 9.17) is 14.2 Å². The number of nitrogens with zero attached hydrogens (tertiary/aromatic N) is 12. The molecule has 0 aliphatic carbocycles. The third-order valence-electron chi connectivity index (χ3n) is 22.1. The number of hydrogen-bond donors (Lipinski definition) is 9. The Morgan fingerprint density at radius 1 is 0.398 bits per heavy atom. The van der Waals surface area contributed by atoms with E-state index in [1.807, 2.05) is 47.4 Å². The number of piperazine rings is 1. The van der Waals surface area contributed by atoms with Gasteiger partial charge >= 0.3 is 18.1 Å². The highest BCUT2D eigenvalue weighted by molar-refractivity contribution is 6.12. The first-order valence-corrected chi connectivity index (χ1v) is 38.6. The lowest BCUT2D eigenvalue weighted by molar-refractivity contribution is -0.123. The highest BCUT2D eigenvalue weighted by atomic mass is 16.5. The predicted molar refractivity (Wildman–Crippen MR) is 432 cm³/mol. The van der Waals surface area contributed by atoms with Gasteiger partial charge in [-0.25, -0.2) is 14.4 Å². The summed E-state index contributed by atoms with van der Waals surface area (Å²) in [6.45, 7) is 14.9. The van der Waals surface area contributed by atoms with Crippen LogP contribution >= 0.6 is 0 Å². The third-order valence-corrected chi connectivity index (χ3v) is 22.1. The molecule has 9 N–H and O–H groups in total. The van der Waals surface area contributed by atoms with E-state index in [1.54, 1.807) is 84.9 Å². The van der Waals surface area contributed by atoms with E-state index in [0.717, 1.165) is 125 Å². The van der Waals surface area contributed by atoms with Gasteiger partial charge in [-0.2, -0.15) is 0 Å². The monoisotopic (exact) mass is 1600 g/mol. The second-order valence-electron chi connectivity index (χ2n) is 30.2. The molecule has 33 nitrogen and oxygen atoms in total. The molecule has 0 unspecified atom stereocenters. The van der Waals surface area contributed by atoms with Crippen LogP contribution in [0.3, 0.4) is 0 Å². The summed E-state index contributed by atoms with van der Waals surface area (Å²) in [6, 6.07) is 35.7. The number of hydrogen-bond acceptors (Lipinski definition) is 21. The molecule has 6 aromatic rings. The SMILES string of the molecule is COc1ccc2c(c1)C(=O)N(C[C@@]1(C#Cc3ccc(C(=NO)N4CCCN(C(C)C)CC4)cc3)NC(=O)NC1=O)C2.COc1ccc2c(c1)C(=O)N(C[C@@]1(C#Cc3ccc(C(=NO)N4CCCN(C)CC4)cc3)NC(=O)NC1=O)C2.COc1ccc2c(c1)C(=O)N(C[C@@]1(C#Cc3ccc(C(=NO)N4CCN(C)CC4)cc3)NC(=O)NC1=O)C2. The van der Waals surface area contributed by atoms with Crippen molar-refractivity contribution in [2.24, 2.45) is 15.5 Å². The number of likely N-dealkylation sites (N-methyl/N-ethyl adjacent to an activating group) is 2. The van der Waals surface area contributed by atoms with E-state index < -0.39 is 52.4 Å². The Kier molecular flexibility index (Phi) is 24.8. The molecule has 6 aromatic carbocycles. The van der Waals surface area contributed by atoms with Crippen LogP contribution < -0.4 is 46.1 Å². The summed E-state index contributed by atoms with van der Waals surface area (Å²) in [7, 11) is 8.71. The molecule has 15 rings (SSSR count). The van der Waals surface area contributed by atoms with Crippen molar-refractivity contribution in [3.8, 4) is 52.8 Å². The third kappa shape index (κ3) is 18.0. The molecule has 0 aromatic heterocycles. The molecular weight excluding hydrogens is 1510 g/mol. The predicted octanol–water partition coefficient (Wildman–Crippen LogP) is 3.55. The highest BCUT2D eigenvalue weighted by Gasteiger charge is 2.51. The second kappa shape index (κ2) is 35.6. The Hall–Kier alpha value is -13.7. The molecule has 0 radical (unpaired) electrons. The Labute approximate surface area is 681 Å². The summed E-state index contributed by atoms with van der Waals surface area (Å²) in [5.74, 6) is 18.2. The minimum atomic E-state index is -1.61. The molecule has 12 amide bonds. The first-order chi connectivity index (χ1) is 56.8. The fourth-order valence-corrected chi connectivity index (χ4v) is 15.3. The standard InChI is InChI=1S/C30H34N6O5.C28H30N6O5.C27H28N6O5/c1-20(2)34-13-4-14-35(16-15-34)26(33-40)22-7-5-21(6-8-22)11-12-30(28(38)31-29(39)32-30)19-36-18-23-9-10-24(41-3)17-25(23)27(36)37;1-32-12-3-13-33(15-14-32)24(31-38)20-6-4-19(5-7-20)10-11-28(26(36)29-27(37)30-28)18-34-17-21-8-9-22(39-2)16-23(21)25(34)35;1-31-11-13-32(14-12-31)23(30-37)19-5-3-18(4-6-19)9-10-27(25(35)28-26(36)29-27)17-33-16-20-7-8-21(38-2)15-22(20)24(33)34/h5-10,17,20,40H,4,13-16,18-19H2,1-3H3,(H2,31,32,38,39);4-9,16,38H,3,12-15,17-18H2,1-2H3,(H2,29,30,36,37);3-8,15,37H,11-14,16-17H2,1-2H3,(H2,28,29,35,36)/t30-;28-;27-/m111/s1. The van der Waals surface area contributed by atoms with Crippen molar-refractivity contribution in [2.45, 2.75) is 69.0 Å². The van der Waals surface area contributed by atoms with Gasteiger partial charge in [-0.15, -0.1) is 0 Å². The van der Waals surface area contributed by atoms with Gasteiger partial charge in [-0.1, -0.05) is 69.2 Å². The average Bonchev–Trinajstić information content (AvgIpc) is 1.63. The molecule has 0 bridgehead atoms. The quantitative estimate of drug-likeness (QED) is 0.0199. The summed E-state index contributed by atoms with van der Waals surface area (Å²) in [4.78, 5) is 132. The number of ether oxygens (including phenoxy) is 3. The van der Waals surface area contributed by atoms with E-state index in [1.165, 1.54) is 36.0 Å². The lowest BCUT2D eigenvalue weighted by Gasteiger charge is -2.34. The Morgan fingerprint density at radius 3 is 0.983 bits per heavy atom. The molecule has 33 heteroatoms. The number of methoxy groups -OCH3 is 3. The molecule has 612 valence electrons. The van der Waals surface area contributed by atoms with Gasteiger partial charge in [0.15, 0.2) is 17.5 Å². The van der Waals surface area contributed by atoms with Crippen molar-refractivity contribution in [3.05, 3.63) is 194 Å². The molecule has 3 atom stereocenters. The topological polar surface area (TPSA) is 380 Å². The van der Waals surface area contributed by atoms with Crippen LogP contribution in [0, 0.1) is 35.5 Å². The smallest absolute Gasteiger partial charge is 0.323 e. The van der Waals surface area contributed by atoms with Crippen LogP contribution in [0.15, 0.2) is 143 Å². The number of fused-ring (bicyclic) bond motifs is 3. The number of rotatable bonds is 13. The normalized spacial score (nSPS) is 21.5. The number of benzene rings is 6. The minimum Gasteiger partial charge on any atom is -0.497 e. The molecule has 9 heterocycles. The average molecular weight is 1610 g/mol. The van der Waals surface area contributed by atoms with E-state index in [0.29, 0.717) is 74.2 Å². The van der Waals surface area contributed by atoms with Gasteiger partial charge < -0.3 is 85.0 Å². The van der Waals surface area contributed by atoms with Gasteiger partial charge in [0, 0.05) is 148 Å². The van der Waals surface area contributed by atoms with Crippen LogP contribution in [0.5, 0.6) is 17.2 Å². The summed E-state index contributed by atoms with van der Waals surface area (Å²) in [5, 5.41) is 54.5. The van der Waals surface area contributed by atoms with Gasteiger partial charge in [0.1, 0.15) is 17.2 Å². The summed E-state index contributed by atoms with van der Waals surface area (Å²) in [6.07, 6.45) is 1.93. The fraction of sp³-hybridized carbons (Fsp3) is 0.365. The summed E-state index contributed by atoms with van der Waals surface area (Å²) >= 11 is 0. The number of amides is 12. The van der Waals surface area contributed by atoms with Crippen molar-refractivity contribution < 1.29 is 73.0 Å². The maximum Gasteiger partial charge on any atom is 0.323 e. The maximum absolute atomic E-state index is 13.1. The first-order valence-electron chi connectivity index (χ1n) is 38.6. The summed E-state index contributed by atoms with van der Waals surface area (Å²) < 4.78 is 15.7. The lowest BCUT2D eigenvalue weighted by atomic mass is 9.98. The fourth-order valence-electron chi connectivity index (χ4n) is 15.3. The second-order valence-corrected chi connectivity index (χ2v) is 30.2. The number of imide groups is 3. The van der Waals surface area contributed by atoms with Gasteiger partial charge in [0.05, 0.1) is 41.0 Å². The number of nitrogens with one attached hydrogen (secondary N) is 6. The van der Waals surface area contributed by atoms with E-state index in [-0.39, 0.29) is 57.0 Å². The van der Waals surface area contributed by atoms with Crippen LogP contribution in [0.2, 0.25) is 0 Å². The molecule has 0 spiro atoms. The first kappa shape index (κ1) is 82.3. The number of urea groups is 3. The van der Waals surface area contributed by atoms with Crippen molar-refractivity contribution >= 4 is 71.0 Å². The largest absolute Gasteiger partial charge is 0.497 e. The number of amidine groups is 3. The van der Waals surface area contributed by atoms with Gasteiger partial charge in [0.25, 0.3) is 35.4 Å². The van der Waals surface area contributed by atoms with E-state index in [9.17, 15) is 58.8 Å². The maximum atomic E-state index is 13.1. The lowest BCUT2D eigenvalue weighted by Crippen LogP contribution is -2.54. The number of oxime groups is 3. The molecule has 118 heavy (non-hydrogen) atoms. The number of carbonyl (C=O) groups excluding carboxylic acids is 9. The minimum absolute atomic E-state index is 0.115. The zero-order chi connectivity index (χ0) is 83.6. The van der Waals surface area contributed by atoms with E-state index in [2.05, 4.69) is 135 Å². The van der Waals surface area contributed by atoms with Crippen molar-refractivity contribution in [2.75, 3.05) is 134 Å². The van der Waals surface area contributed by atoms with Gasteiger partial charge in [-0.05, 0) is 173 Å². The Bertz CT molecular complexity index is 5230. The van der Waals surface area contributed by atoms with Crippen molar-refractivity contribution in [3.63, 3.8) is 0 Å². The zero-order valence-electron chi connectivity index (χ0n) is 66.5. The highest BCUT2D eigenvalue weighted by Crippen LogP contribution is 2.33. The number of carbonyl (C=O) groups is 9. The Morgan fingerprint density at radius 2 is 0.695 bits per heavy atom. The van der Waals surface area contributed by atoms with Crippen molar-refractivity contribution in [1.29, 1.82) is 0 Å². The molecular formula is C85H92N18O15. The van der Waals surface area contributed by atoms with Crippen LogP contribution in [0.4, 0.5) is 14.4 Å². The van der Waals surface area contributed by atoms with Gasteiger partial charge in [-0.3, -0.25) is 49.6 Å². The van der Waals surface area contributed by atoms with Crippen LogP contribution in [0.1, 0.15) is 108 Å². The molecule has 9 aliphatic rings. The zero-order valence-corrected chi connectivity index (χ0v) is 66.5. The Balaban J connectivity index is 0.000000154. The molecule has 9 aliphatic heterocycles. The molecule has 6 saturated heterocycles. The van der Waals surface area contributed by atoms with Crippen LogP contribution in [-0.4, -0.2) is 287 Å². The molecule has 6 fully saturated rings. The van der Waals surface area contributed by atoms with E-state index >= 15 is 0 Å². The summed E-state index contributed by atoms with van der Waals surface area (Å²) in [5.41, 5.74) is 3.11.